The zero-order valence-corrected chi connectivity index (χ0v) is 15.8. The lowest BCUT2D eigenvalue weighted by Gasteiger charge is -2.08. The number of carbonyl (C=O) groups is 2. The number of carbonyl (C=O) groups excluding carboxylic acids is 2. The van der Waals surface area contributed by atoms with Gasteiger partial charge in [0.05, 0.1) is 4.88 Å². The van der Waals surface area contributed by atoms with Crippen LogP contribution in [0, 0.1) is 5.82 Å². The van der Waals surface area contributed by atoms with Crippen molar-refractivity contribution in [3.63, 3.8) is 0 Å². The monoisotopic (exact) mass is 398 g/mol. The molecule has 0 radical (unpaired) electrons. The van der Waals surface area contributed by atoms with E-state index in [9.17, 15) is 14.0 Å². The van der Waals surface area contributed by atoms with Gasteiger partial charge in [0.25, 0.3) is 5.91 Å². The molecule has 1 heterocycles. The zero-order chi connectivity index (χ0) is 19.8. The Hall–Kier alpha value is -3.19. The number of rotatable bonds is 8. The molecule has 2 N–H and O–H groups in total. The molecule has 0 spiro atoms. The van der Waals surface area contributed by atoms with Gasteiger partial charge in [-0.25, -0.2) is 4.39 Å². The molecule has 0 saturated carbocycles. The molecule has 5 nitrogen and oxygen atoms in total. The molecule has 0 saturated heterocycles. The third-order valence-electron chi connectivity index (χ3n) is 3.84. The first-order valence-corrected chi connectivity index (χ1v) is 9.59. The van der Waals surface area contributed by atoms with E-state index in [-0.39, 0.29) is 30.6 Å². The lowest BCUT2D eigenvalue weighted by atomic mass is 10.2. The second-order valence-corrected chi connectivity index (χ2v) is 6.91. The van der Waals surface area contributed by atoms with Gasteiger partial charge in [-0.3, -0.25) is 9.59 Å². The van der Waals surface area contributed by atoms with Gasteiger partial charge in [-0.2, -0.15) is 0 Å². The predicted molar refractivity (Wildman–Crippen MR) is 106 cm³/mol. The van der Waals surface area contributed by atoms with E-state index in [1.807, 2.05) is 23.6 Å². The van der Waals surface area contributed by atoms with Crippen LogP contribution in [0.15, 0.2) is 66.0 Å². The van der Waals surface area contributed by atoms with Crippen LogP contribution in [0.3, 0.4) is 0 Å². The normalized spacial score (nSPS) is 10.3. The number of halogens is 1. The Balaban J connectivity index is 1.38. The largest absolute Gasteiger partial charge is 0.457 e. The maximum absolute atomic E-state index is 12.9. The van der Waals surface area contributed by atoms with Crippen LogP contribution >= 0.6 is 11.3 Å². The van der Waals surface area contributed by atoms with Crippen LogP contribution in [-0.2, 0) is 11.3 Å². The van der Waals surface area contributed by atoms with Crippen molar-refractivity contribution in [2.24, 2.45) is 0 Å². The first-order chi connectivity index (χ1) is 13.6. The quantitative estimate of drug-likeness (QED) is 0.600. The van der Waals surface area contributed by atoms with Crippen LogP contribution in [0.25, 0.3) is 0 Å². The van der Waals surface area contributed by atoms with Gasteiger partial charge in [0.2, 0.25) is 5.91 Å². The first kappa shape index (κ1) is 19.6. The molecular formula is C21H19FN2O3S. The molecule has 1 aromatic heterocycles. The van der Waals surface area contributed by atoms with Gasteiger partial charge in [-0.05, 0) is 53.4 Å². The maximum Gasteiger partial charge on any atom is 0.261 e. The Kier molecular flexibility index (Phi) is 6.75. The van der Waals surface area contributed by atoms with E-state index < -0.39 is 0 Å². The smallest absolute Gasteiger partial charge is 0.261 e. The highest BCUT2D eigenvalue weighted by atomic mass is 32.1. The van der Waals surface area contributed by atoms with Gasteiger partial charge in [0.15, 0.2) is 0 Å². The van der Waals surface area contributed by atoms with Gasteiger partial charge >= 0.3 is 0 Å². The van der Waals surface area contributed by atoms with Crippen molar-refractivity contribution in [2.75, 3.05) is 6.54 Å². The topological polar surface area (TPSA) is 67.4 Å². The minimum Gasteiger partial charge on any atom is -0.457 e. The highest BCUT2D eigenvalue weighted by Gasteiger charge is 2.07. The van der Waals surface area contributed by atoms with Crippen molar-refractivity contribution < 1.29 is 18.7 Å². The summed E-state index contributed by atoms with van der Waals surface area (Å²) >= 11 is 1.36. The molecule has 0 fully saturated rings. The standard InChI is InChI=1S/C21H19FN2O3S/c22-16-5-9-18(10-6-16)27-17-7-3-15(4-8-17)14-24-20(25)11-12-23-21(26)19-2-1-13-28-19/h1-10,13H,11-12,14H2,(H,23,26)(H,24,25). The third kappa shape index (κ3) is 5.92. The molecule has 28 heavy (non-hydrogen) atoms. The SMILES string of the molecule is O=C(CCNC(=O)c1cccs1)NCc1ccc(Oc2ccc(F)cc2)cc1. The predicted octanol–water partition coefficient (Wildman–Crippen LogP) is 4.12. The Bertz CT molecular complexity index is 910. The lowest BCUT2D eigenvalue weighted by Crippen LogP contribution is -2.30. The second-order valence-electron chi connectivity index (χ2n) is 5.96. The Morgan fingerprint density at radius 2 is 1.61 bits per heavy atom. The summed E-state index contributed by atoms with van der Waals surface area (Å²) in [6.45, 7) is 0.668. The van der Waals surface area contributed by atoms with E-state index in [0.29, 0.717) is 22.9 Å². The number of nitrogens with one attached hydrogen (secondary N) is 2. The Morgan fingerprint density at radius 3 is 2.25 bits per heavy atom. The first-order valence-electron chi connectivity index (χ1n) is 8.71. The van der Waals surface area contributed by atoms with Crippen molar-refractivity contribution in [1.29, 1.82) is 0 Å². The van der Waals surface area contributed by atoms with E-state index in [0.717, 1.165) is 5.56 Å². The summed E-state index contributed by atoms with van der Waals surface area (Å²) in [5.41, 5.74) is 0.919. The van der Waals surface area contributed by atoms with E-state index in [1.165, 1.54) is 23.5 Å². The highest BCUT2D eigenvalue weighted by molar-refractivity contribution is 7.12. The molecule has 2 aromatic carbocycles. The lowest BCUT2D eigenvalue weighted by molar-refractivity contribution is -0.121. The van der Waals surface area contributed by atoms with E-state index in [2.05, 4.69) is 10.6 Å². The van der Waals surface area contributed by atoms with Gasteiger partial charge in [0.1, 0.15) is 17.3 Å². The van der Waals surface area contributed by atoms with Crippen molar-refractivity contribution in [2.45, 2.75) is 13.0 Å². The molecule has 0 aliphatic carbocycles. The van der Waals surface area contributed by atoms with Crippen LogP contribution in [0.4, 0.5) is 4.39 Å². The van der Waals surface area contributed by atoms with Crippen LogP contribution in [0.1, 0.15) is 21.7 Å². The van der Waals surface area contributed by atoms with Crippen LogP contribution in [-0.4, -0.2) is 18.4 Å². The molecule has 3 aromatic rings. The minimum atomic E-state index is -0.315. The maximum atomic E-state index is 12.9. The van der Waals surface area contributed by atoms with Gasteiger partial charge in [-0.1, -0.05) is 18.2 Å². The van der Waals surface area contributed by atoms with Crippen molar-refractivity contribution >= 4 is 23.2 Å². The molecule has 0 unspecified atom stereocenters. The van der Waals surface area contributed by atoms with Crippen molar-refractivity contribution in [3.8, 4) is 11.5 Å². The van der Waals surface area contributed by atoms with E-state index in [1.54, 1.807) is 30.3 Å². The second kappa shape index (κ2) is 9.66. The fourth-order valence-electron chi connectivity index (χ4n) is 2.39. The number of ether oxygens (including phenoxy) is 1. The summed E-state index contributed by atoms with van der Waals surface area (Å²) in [4.78, 5) is 24.3. The summed E-state index contributed by atoms with van der Waals surface area (Å²) < 4.78 is 18.5. The third-order valence-corrected chi connectivity index (χ3v) is 4.71. The number of hydrogen-bond acceptors (Lipinski definition) is 4. The average molecular weight is 398 g/mol. The van der Waals surface area contributed by atoms with Gasteiger partial charge in [-0.15, -0.1) is 11.3 Å². The molecule has 0 atom stereocenters. The average Bonchev–Trinajstić information content (AvgIpc) is 3.24. The molecule has 2 amide bonds. The summed E-state index contributed by atoms with van der Waals surface area (Å²) in [5, 5.41) is 7.36. The van der Waals surface area contributed by atoms with Crippen molar-refractivity contribution in [1.82, 2.24) is 10.6 Å². The summed E-state index contributed by atoms with van der Waals surface area (Å²) in [5.74, 6) is 0.548. The van der Waals surface area contributed by atoms with Crippen LogP contribution in [0.2, 0.25) is 0 Å². The summed E-state index contributed by atoms with van der Waals surface area (Å²) in [6, 6.07) is 16.6. The molecule has 7 heteroatoms. The zero-order valence-electron chi connectivity index (χ0n) is 15.0. The summed E-state index contributed by atoms with van der Waals surface area (Å²) in [7, 11) is 0. The fraction of sp³-hybridized carbons (Fsp3) is 0.143. The highest BCUT2D eigenvalue weighted by Crippen LogP contribution is 2.21. The molecule has 0 aliphatic heterocycles. The van der Waals surface area contributed by atoms with Crippen LogP contribution < -0.4 is 15.4 Å². The van der Waals surface area contributed by atoms with Gasteiger partial charge in [0, 0.05) is 19.5 Å². The number of hydrogen-bond donors (Lipinski definition) is 2. The van der Waals surface area contributed by atoms with Crippen molar-refractivity contribution in [3.05, 3.63) is 82.3 Å². The number of thiophene rings is 1. The fourth-order valence-corrected chi connectivity index (χ4v) is 3.03. The number of benzene rings is 2. The molecule has 0 bridgehead atoms. The number of amides is 2. The molecule has 144 valence electrons. The van der Waals surface area contributed by atoms with E-state index in [4.69, 9.17) is 4.74 Å². The Labute approximate surface area is 166 Å². The molecular weight excluding hydrogens is 379 g/mol. The molecule has 0 aliphatic rings. The summed E-state index contributed by atoms with van der Waals surface area (Å²) in [6.07, 6.45) is 0.211. The molecule has 3 rings (SSSR count). The minimum absolute atomic E-state index is 0.141. The van der Waals surface area contributed by atoms with Crippen LogP contribution in [0.5, 0.6) is 11.5 Å². The Morgan fingerprint density at radius 1 is 0.929 bits per heavy atom. The van der Waals surface area contributed by atoms with E-state index >= 15 is 0 Å². The van der Waals surface area contributed by atoms with Gasteiger partial charge < -0.3 is 15.4 Å².